The zero-order chi connectivity index (χ0) is 21.0. The van der Waals surface area contributed by atoms with E-state index in [0.717, 1.165) is 12.1 Å². The van der Waals surface area contributed by atoms with Crippen molar-refractivity contribution in [1.82, 2.24) is 14.9 Å². The van der Waals surface area contributed by atoms with E-state index in [9.17, 15) is 22.4 Å². The van der Waals surface area contributed by atoms with Crippen LogP contribution in [0.25, 0.3) is 5.69 Å². The molecule has 0 radical (unpaired) electrons. The smallest absolute Gasteiger partial charge is 0.352 e. The molecule has 152 valence electrons. The molecule has 29 heavy (non-hydrogen) atoms. The van der Waals surface area contributed by atoms with Gasteiger partial charge in [-0.3, -0.25) is 4.79 Å². The molecule has 2 aromatic carbocycles. The molecule has 0 aliphatic rings. The topological polar surface area (TPSA) is 46.9 Å². The Labute approximate surface area is 165 Å². The summed E-state index contributed by atoms with van der Waals surface area (Å²) < 4.78 is 53.7. The summed E-state index contributed by atoms with van der Waals surface area (Å²) in [7, 11) is 0. The van der Waals surface area contributed by atoms with Crippen LogP contribution in [0.2, 0.25) is 0 Å². The third kappa shape index (κ3) is 5.22. The molecular weight excluding hydrogens is 386 g/mol. The van der Waals surface area contributed by atoms with Crippen LogP contribution in [0.5, 0.6) is 0 Å². The van der Waals surface area contributed by atoms with E-state index in [1.807, 2.05) is 0 Å². The number of imidazole rings is 1. The maximum atomic E-state index is 14.2. The van der Waals surface area contributed by atoms with Gasteiger partial charge in [0.25, 0.3) is 0 Å². The highest BCUT2D eigenvalue weighted by molar-refractivity contribution is 5.76. The maximum absolute atomic E-state index is 14.2. The zero-order valence-electron chi connectivity index (χ0n) is 15.6. The number of hydrogen-bond donors (Lipinski definition) is 1. The van der Waals surface area contributed by atoms with E-state index in [2.05, 4.69) is 10.3 Å². The van der Waals surface area contributed by atoms with E-state index >= 15 is 0 Å². The Kier molecular flexibility index (Phi) is 6.00. The standard InChI is InChI=1S/C21H19F4N3O/c1-14(16-3-5-17(6-4-16)21(23,24)25)10-20(29)27-12-15-2-7-19(18(22)11-15)28-9-8-26-13-28/h2-9,11,13-14H,10,12H2,1H3,(H,27,29). The number of alkyl halides is 3. The van der Waals surface area contributed by atoms with Crippen molar-refractivity contribution in [2.45, 2.75) is 32.0 Å². The number of rotatable bonds is 6. The van der Waals surface area contributed by atoms with Gasteiger partial charge in [-0.2, -0.15) is 13.2 Å². The number of nitrogens with one attached hydrogen (secondary N) is 1. The summed E-state index contributed by atoms with van der Waals surface area (Å²) in [5.41, 5.74) is 0.873. The van der Waals surface area contributed by atoms with Crippen molar-refractivity contribution >= 4 is 5.91 Å². The second kappa shape index (κ2) is 8.46. The van der Waals surface area contributed by atoms with Gasteiger partial charge in [0.1, 0.15) is 5.82 Å². The lowest BCUT2D eigenvalue weighted by Gasteiger charge is -2.14. The Bertz CT molecular complexity index is 967. The van der Waals surface area contributed by atoms with Gasteiger partial charge in [0.2, 0.25) is 5.91 Å². The van der Waals surface area contributed by atoms with E-state index in [4.69, 9.17) is 0 Å². The highest BCUT2D eigenvalue weighted by Gasteiger charge is 2.30. The molecule has 0 aliphatic heterocycles. The van der Waals surface area contributed by atoms with Crippen molar-refractivity contribution in [2.75, 3.05) is 0 Å². The van der Waals surface area contributed by atoms with Crippen LogP contribution in [0.15, 0.2) is 61.2 Å². The van der Waals surface area contributed by atoms with E-state index in [1.165, 1.54) is 24.5 Å². The van der Waals surface area contributed by atoms with E-state index in [-0.39, 0.29) is 24.8 Å². The van der Waals surface area contributed by atoms with Crippen LogP contribution < -0.4 is 5.32 Å². The highest BCUT2D eigenvalue weighted by Crippen LogP contribution is 2.30. The van der Waals surface area contributed by atoms with Crippen molar-refractivity contribution in [3.05, 3.63) is 83.7 Å². The summed E-state index contributed by atoms with van der Waals surface area (Å²) in [4.78, 5) is 16.0. The zero-order valence-corrected chi connectivity index (χ0v) is 15.6. The Morgan fingerprint density at radius 1 is 1.17 bits per heavy atom. The Morgan fingerprint density at radius 2 is 1.90 bits per heavy atom. The van der Waals surface area contributed by atoms with E-state index < -0.39 is 17.6 Å². The monoisotopic (exact) mass is 405 g/mol. The van der Waals surface area contributed by atoms with Crippen molar-refractivity contribution in [3.63, 3.8) is 0 Å². The first-order chi connectivity index (χ1) is 13.7. The lowest BCUT2D eigenvalue weighted by Crippen LogP contribution is -2.24. The first-order valence-corrected chi connectivity index (χ1v) is 8.94. The third-order valence-corrected chi connectivity index (χ3v) is 4.58. The number of carbonyl (C=O) groups is 1. The largest absolute Gasteiger partial charge is 0.416 e. The molecule has 0 saturated heterocycles. The average molecular weight is 405 g/mol. The molecule has 1 N–H and O–H groups in total. The number of halogens is 4. The lowest BCUT2D eigenvalue weighted by molar-refractivity contribution is -0.137. The summed E-state index contributed by atoms with van der Waals surface area (Å²) in [5, 5.41) is 2.71. The van der Waals surface area contributed by atoms with E-state index in [1.54, 1.807) is 36.0 Å². The molecule has 0 aliphatic carbocycles. The fourth-order valence-electron chi connectivity index (χ4n) is 2.94. The van der Waals surface area contributed by atoms with Gasteiger partial charge in [-0.15, -0.1) is 0 Å². The normalized spacial score (nSPS) is 12.6. The third-order valence-electron chi connectivity index (χ3n) is 4.58. The fourth-order valence-corrected chi connectivity index (χ4v) is 2.94. The van der Waals surface area contributed by atoms with Gasteiger partial charge in [0, 0.05) is 25.4 Å². The molecule has 1 amide bonds. The molecule has 1 atom stereocenters. The van der Waals surface area contributed by atoms with Gasteiger partial charge >= 0.3 is 6.18 Å². The quantitative estimate of drug-likeness (QED) is 0.597. The summed E-state index contributed by atoms with van der Waals surface area (Å²) in [6.07, 6.45) is 0.388. The molecule has 0 fully saturated rings. The van der Waals surface area contributed by atoms with Crippen LogP contribution in [0.4, 0.5) is 17.6 Å². The van der Waals surface area contributed by atoms with E-state index in [0.29, 0.717) is 16.8 Å². The number of hydrogen-bond acceptors (Lipinski definition) is 2. The SMILES string of the molecule is CC(CC(=O)NCc1ccc(-n2ccnc2)c(F)c1)c1ccc(C(F)(F)F)cc1. The van der Waals surface area contributed by atoms with Gasteiger partial charge in [-0.25, -0.2) is 9.37 Å². The van der Waals surface area contributed by atoms with Crippen molar-refractivity contribution in [1.29, 1.82) is 0 Å². The summed E-state index contributed by atoms with van der Waals surface area (Å²) >= 11 is 0. The molecule has 1 unspecified atom stereocenters. The molecule has 8 heteroatoms. The molecule has 3 rings (SSSR count). The fraction of sp³-hybridized carbons (Fsp3) is 0.238. The predicted molar refractivity (Wildman–Crippen MR) is 99.8 cm³/mol. The van der Waals surface area contributed by atoms with Crippen LogP contribution in [-0.2, 0) is 17.5 Å². The number of carbonyl (C=O) groups excluding carboxylic acids is 1. The summed E-state index contributed by atoms with van der Waals surface area (Å²) in [6, 6.07) is 9.43. The number of aromatic nitrogens is 2. The number of nitrogens with zero attached hydrogens (tertiary/aromatic N) is 2. The van der Waals surface area contributed by atoms with Gasteiger partial charge in [0.05, 0.1) is 17.6 Å². The van der Waals surface area contributed by atoms with Gasteiger partial charge in [-0.1, -0.05) is 25.1 Å². The first-order valence-electron chi connectivity index (χ1n) is 8.94. The minimum absolute atomic E-state index is 0.112. The molecule has 0 saturated carbocycles. The predicted octanol–water partition coefficient (Wildman–Crippen LogP) is 4.84. The molecule has 4 nitrogen and oxygen atoms in total. The van der Waals surface area contributed by atoms with Crippen LogP contribution in [0, 0.1) is 5.82 Å². The van der Waals surface area contributed by atoms with Crippen LogP contribution in [-0.4, -0.2) is 15.5 Å². The molecule has 3 aromatic rings. The molecule has 1 aromatic heterocycles. The summed E-state index contributed by atoms with van der Waals surface area (Å²) in [5.74, 6) is -0.956. The van der Waals surface area contributed by atoms with Crippen LogP contribution >= 0.6 is 0 Å². The van der Waals surface area contributed by atoms with Crippen LogP contribution in [0.1, 0.15) is 36.0 Å². The second-order valence-electron chi connectivity index (χ2n) is 6.76. The highest BCUT2D eigenvalue weighted by atomic mass is 19.4. The lowest BCUT2D eigenvalue weighted by atomic mass is 9.96. The minimum atomic E-state index is -4.39. The molecule has 1 heterocycles. The number of amides is 1. The van der Waals surface area contributed by atoms with Gasteiger partial charge < -0.3 is 9.88 Å². The molecule has 0 bridgehead atoms. The number of benzene rings is 2. The molecule has 0 spiro atoms. The first kappa shape index (κ1) is 20.6. The average Bonchev–Trinajstić information content (AvgIpc) is 3.20. The Hall–Kier alpha value is -3.16. The van der Waals surface area contributed by atoms with Gasteiger partial charge in [0.15, 0.2) is 0 Å². The Morgan fingerprint density at radius 3 is 2.48 bits per heavy atom. The Balaban J connectivity index is 1.55. The van der Waals surface area contributed by atoms with Crippen molar-refractivity contribution < 1.29 is 22.4 Å². The second-order valence-corrected chi connectivity index (χ2v) is 6.76. The van der Waals surface area contributed by atoms with Crippen molar-refractivity contribution in [2.24, 2.45) is 0 Å². The maximum Gasteiger partial charge on any atom is 0.416 e. The van der Waals surface area contributed by atoms with Gasteiger partial charge in [-0.05, 0) is 41.3 Å². The molecular formula is C21H19F4N3O. The summed E-state index contributed by atoms with van der Waals surface area (Å²) in [6.45, 7) is 1.92. The van der Waals surface area contributed by atoms with Crippen LogP contribution in [0.3, 0.4) is 0 Å². The minimum Gasteiger partial charge on any atom is -0.352 e. The van der Waals surface area contributed by atoms with Crippen molar-refractivity contribution in [3.8, 4) is 5.69 Å².